The zero-order valence-electron chi connectivity index (χ0n) is 11.5. The molecule has 114 valence electrons. The molecule has 1 saturated carbocycles. The summed E-state index contributed by atoms with van der Waals surface area (Å²) in [5, 5.41) is 14.3. The van der Waals surface area contributed by atoms with Crippen LogP contribution in [0.2, 0.25) is 0 Å². The second-order valence-corrected chi connectivity index (χ2v) is 7.18. The minimum absolute atomic E-state index is 0.0765. The van der Waals surface area contributed by atoms with Crippen LogP contribution in [0.4, 0.5) is 0 Å². The van der Waals surface area contributed by atoms with Gasteiger partial charge >= 0.3 is 0 Å². The predicted molar refractivity (Wildman–Crippen MR) is 76.5 cm³/mol. The summed E-state index contributed by atoms with van der Waals surface area (Å²) in [5.41, 5.74) is 5.41. The maximum atomic E-state index is 12.0. The van der Waals surface area contributed by atoms with Crippen molar-refractivity contribution in [3.63, 3.8) is 0 Å². The molecule has 1 aromatic rings. The van der Waals surface area contributed by atoms with E-state index in [0.717, 1.165) is 11.8 Å². The van der Waals surface area contributed by atoms with Crippen molar-refractivity contribution in [1.29, 1.82) is 0 Å². The smallest absolute Gasteiger partial charge is 0.234 e. The van der Waals surface area contributed by atoms with E-state index in [0.29, 0.717) is 12.8 Å². The highest BCUT2D eigenvalue weighted by atomic mass is 32.2. The zero-order chi connectivity index (χ0) is 15.7. The van der Waals surface area contributed by atoms with Crippen LogP contribution in [0.15, 0.2) is 34.3 Å². The van der Waals surface area contributed by atoms with Crippen LogP contribution in [0.25, 0.3) is 0 Å². The lowest BCUT2D eigenvalue weighted by Gasteiger charge is -2.13. The highest BCUT2D eigenvalue weighted by Crippen LogP contribution is 2.46. The maximum Gasteiger partial charge on any atom is 0.234 e. The van der Waals surface area contributed by atoms with Crippen molar-refractivity contribution in [3.05, 3.63) is 29.8 Å². The molecule has 0 heterocycles. The number of nitrogens with one attached hydrogen (secondary N) is 1. The molecule has 4 N–H and O–H groups in total. The quantitative estimate of drug-likeness (QED) is 0.311. The molecule has 1 aromatic carbocycles. The Kier molecular flexibility index (Phi) is 3.91. The first-order chi connectivity index (χ1) is 9.79. The number of nitrogens with two attached hydrogens (primary N) is 1. The Bertz CT molecular complexity index is 676. The Hall–Kier alpha value is -2.09. The number of hydrogen-bond donors (Lipinski definition) is 3. The topological polar surface area (TPSA) is 122 Å². The highest BCUT2D eigenvalue weighted by molar-refractivity contribution is 7.90. The fourth-order valence-electron chi connectivity index (χ4n) is 2.03. The third-order valence-electron chi connectivity index (χ3n) is 3.59. The summed E-state index contributed by atoms with van der Waals surface area (Å²) in [5.74, 6) is -0.364. The Balaban J connectivity index is 2.00. The van der Waals surface area contributed by atoms with Gasteiger partial charge in [-0.3, -0.25) is 4.79 Å². The van der Waals surface area contributed by atoms with Crippen LogP contribution < -0.4 is 11.1 Å². The van der Waals surface area contributed by atoms with Crippen molar-refractivity contribution in [3.8, 4) is 0 Å². The minimum atomic E-state index is -3.23. The molecular formula is C13H17N3O4S. The predicted octanol–water partition coefficient (Wildman–Crippen LogP) is 0.233. The van der Waals surface area contributed by atoms with E-state index in [-0.39, 0.29) is 23.2 Å². The van der Waals surface area contributed by atoms with E-state index in [1.807, 2.05) is 0 Å². The van der Waals surface area contributed by atoms with Gasteiger partial charge in [0.25, 0.3) is 0 Å². The number of rotatable bonds is 5. The van der Waals surface area contributed by atoms with Crippen LogP contribution in [0, 0.1) is 5.41 Å². The molecular weight excluding hydrogens is 294 g/mol. The second kappa shape index (κ2) is 5.36. The Morgan fingerprint density at radius 3 is 2.38 bits per heavy atom. The SMILES string of the molecule is CS(=O)(=O)c1ccc(CNC(=O)C2(/C(N)=N/O)CC2)cc1. The van der Waals surface area contributed by atoms with Gasteiger partial charge in [0, 0.05) is 12.8 Å². The van der Waals surface area contributed by atoms with E-state index in [4.69, 9.17) is 10.9 Å². The molecule has 0 aromatic heterocycles. The van der Waals surface area contributed by atoms with Crippen LogP contribution >= 0.6 is 0 Å². The van der Waals surface area contributed by atoms with E-state index in [2.05, 4.69) is 10.5 Å². The molecule has 0 unspecified atom stereocenters. The van der Waals surface area contributed by atoms with Gasteiger partial charge in [0.05, 0.1) is 4.90 Å². The molecule has 0 saturated heterocycles. The minimum Gasteiger partial charge on any atom is -0.409 e. The lowest BCUT2D eigenvalue weighted by Crippen LogP contribution is -2.40. The van der Waals surface area contributed by atoms with Gasteiger partial charge in [-0.2, -0.15) is 0 Å². The number of oxime groups is 1. The molecule has 8 heteroatoms. The van der Waals surface area contributed by atoms with Crippen molar-refractivity contribution in [1.82, 2.24) is 5.32 Å². The molecule has 0 atom stereocenters. The summed E-state index contributed by atoms with van der Waals surface area (Å²) in [7, 11) is -3.23. The van der Waals surface area contributed by atoms with Crippen LogP contribution in [0.1, 0.15) is 18.4 Å². The normalized spacial score (nSPS) is 17.3. The lowest BCUT2D eigenvalue weighted by atomic mass is 10.1. The fraction of sp³-hybridized carbons (Fsp3) is 0.385. The van der Waals surface area contributed by atoms with E-state index in [1.165, 1.54) is 12.1 Å². The van der Waals surface area contributed by atoms with Crippen LogP contribution in [0.3, 0.4) is 0 Å². The second-order valence-electron chi connectivity index (χ2n) is 5.17. The maximum absolute atomic E-state index is 12.0. The van der Waals surface area contributed by atoms with Gasteiger partial charge in [-0.1, -0.05) is 17.3 Å². The number of carbonyl (C=O) groups excluding carboxylic acids is 1. The van der Waals surface area contributed by atoms with Crippen LogP contribution in [0.5, 0.6) is 0 Å². The van der Waals surface area contributed by atoms with Gasteiger partial charge in [0.15, 0.2) is 15.7 Å². The van der Waals surface area contributed by atoms with Crippen LogP contribution in [-0.4, -0.2) is 31.6 Å². The fourth-order valence-corrected chi connectivity index (χ4v) is 2.66. The van der Waals surface area contributed by atoms with E-state index in [1.54, 1.807) is 12.1 Å². The monoisotopic (exact) mass is 311 g/mol. The lowest BCUT2D eigenvalue weighted by molar-refractivity contribution is -0.124. The molecule has 7 nitrogen and oxygen atoms in total. The molecule has 0 bridgehead atoms. The number of hydrogen-bond acceptors (Lipinski definition) is 5. The van der Waals surface area contributed by atoms with Crippen molar-refractivity contribution in [2.75, 3.05) is 6.26 Å². The third kappa shape index (κ3) is 3.15. The third-order valence-corrected chi connectivity index (χ3v) is 4.72. The highest BCUT2D eigenvalue weighted by Gasteiger charge is 2.54. The van der Waals surface area contributed by atoms with Gasteiger partial charge in [0.1, 0.15) is 5.41 Å². The Labute approximate surface area is 122 Å². The van der Waals surface area contributed by atoms with Gasteiger partial charge in [-0.15, -0.1) is 0 Å². The molecule has 0 spiro atoms. The van der Waals surface area contributed by atoms with Crippen LogP contribution in [-0.2, 0) is 21.2 Å². The first kappa shape index (κ1) is 15.3. The number of carbonyl (C=O) groups is 1. The molecule has 2 rings (SSSR count). The van der Waals surface area contributed by atoms with Gasteiger partial charge in [-0.25, -0.2) is 8.42 Å². The van der Waals surface area contributed by atoms with Gasteiger partial charge in [-0.05, 0) is 30.5 Å². The van der Waals surface area contributed by atoms with Crippen molar-refractivity contribution in [2.45, 2.75) is 24.3 Å². The average Bonchev–Trinajstić information content (AvgIpc) is 3.25. The largest absolute Gasteiger partial charge is 0.409 e. The number of nitrogens with zero attached hydrogens (tertiary/aromatic N) is 1. The molecule has 0 radical (unpaired) electrons. The number of sulfone groups is 1. The summed E-state index contributed by atoms with van der Waals surface area (Å²) in [4.78, 5) is 12.3. The summed E-state index contributed by atoms with van der Waals surface area (Å²) >= 11 is 0. The molecule has 0 aliphatic heterocycles. The standard InChI is InChI=1S/C13H17N3O4S/c1-21(19,20)10-4-2-9(3-5-10)8-15-12(17)13(6-7-13)11(14)16-18/h2-5,18H,6-8H2,1H3,(H2,14,16)(H,15,17). The summed E-state index contributed by atoms with van der Waals surface area (Å²) < 4.78 is 22.7. The van der Waals surface area contributed by atoms with E-state index in [9.17, 15) is 13.2 Å². The molecule has 1 fully saturated rings. The molecule has 21 heavy (non-hydrogen) atoms. The molecule has 1 aliphatic rings. The summed E-state index contributed by atoms with van der Waals surface area (Å²) in [6.45, 7) is 0.253. The van der Waals surface area contributed by atoms with Crippen molar-refractivity contribution < 1.29 is 18.4 Å². The van der Waals surface area contributed by atoms with E-state index < -0.39 is 15.3 Å². The number of amidine groups is 1. The number of benzene rings is 1. The first-order valence-corrected chi connectivity index (χ1v) is 8.24. The van der Waals surface area contributed by atoms with E-state index >= 15 is 0 Å². The van der Waals surface area contributed by atoms with Gasteiger partial charge in [0.2, 0.25) is 5.91 Å². The zero-order valence-corrected chi connectivity index (χ0v) is 12.4. The molecule has 1 amide bonds. The average molecular weight is 311 g/mol. The summed E-state index contributed by atoms with van der Waals surface area (Å²) in [6, 6.07) is 6.26. The first-order valence-electron chi connectivity index (χ1n) is 6.35. The van der Waals surface area contributed by atoms with Crippen molar-refractivity contribution in [2.24, 2.45) is 16.3 Å². The molecule has 1 aliphatic carbocycles. The Morgan fingerprint density at radius 2 is 1.95 bits per heavy atom. The van der Waals surface area contributed by atoms with Crippen molar-refractivity contribution >= 4 is 21.6 Å². The number of amides is 1. The van der Waals surface area contributed by atoms with Gasteiger partial charge < -0.3 is 16.3 Å². The summed E-state index contributed by atoms with van der Waals surface area (Å²) in [6.07, 6.45) is 2.25. The Morgan fingerprint density at radius 1 is 1.38 bits per heavy atom.